The van der Waals surface area contributed by atoms with Crippen LogP contribution in [-0.2, 0) is 4.79 Å². The Hall–Kier alpha value is -3.59. The summed E-state index contributed by atoms with van der Waals surface area (Å²) in [5, 5.41) is 8.48. The molecule has 0 fully saturated rings. The number of ether oxygens (including phenoxy) is 3. The average molecular weight is 465 g/mol. The maximum atomic E-state index is 12.8. The van der Waals surface area contributed by atoms with Gasteiger partial charge in [0.05, 0.1) is 36.7 Å². The van der Waals surface area contributed by atoms with Crippen LogP contribution < -0.4 is 19.5 Å². The van der Waals surface area contributed by atoms with Gasteiger partial charge in [0, 0.05) is 29.5 Å². The number of aromatic nitrogens is 3. The van der Waals surface area contributed by atoms with Crippen LogP contribution in [0, 0.1) is 6.92 Å². The third-order valence-corrected chi connectivity index (χ3v) is 6.75. The lowest BCUT2D eigenvalue weighted by Crippen LogP contribution is -2.25. The van der Waals surface area contributed by atoms with Crippen molar-refractivity contribution in [3.05, 3.63) is 53.2 Å². The molecule has 3 heterocycles. The highest BCUT2D eigenvalue weighted by Crippen LogP contribution is 2.44. The summed E-state index contributed by atoms with van der Waals surface area (Å²) in [6.07, 6.45) is 0.305. The lowest BCUT2D eigenvalue weighted by atomic mass is 9.85. The number of rotatable bonds is 6. The van der Waals surface area contributed by atoms with Crippen molar-refractivity contribution in [2.45, 2.75) is 26.2 Å². The normalized spacial score (nSPS) is 15.3. The largest absolute Gasteiger partial charge is 0.497 e. The SMILES string of the molecule is CCOc1ccc2nc(-n3nc(C)c4c3NC(=O)C[C@H]4c3ccc(OC)cc3OC)sc2c1. The zero-order valence-electron chi connectivity index (χ0n) is 18.8. The number of hydrogen-bond acceptors (Lipinski definition) is 7. The van der Waals surface area contributed by atoms with Crippen LogP contribution in [-0.4, -0.2) is 41.5 Å². The Labute approximate surface area is 195 Å². The van der Waals surface area contributed by atoms with Crippen molar-refractivity contribution in [1.29, 1.82) is 0 Å². The minimum Gasteiger partial charge on any atom is -0.497 e. The van der Waals surface area contributed by atoms with Gasteiger partial charge in [0.2, 0.25) is 11.0 Å². The molecule has 1 aliphatic rings. The van der Waals surface area contributed by atoms with Gasteiger partial charge < -0.3 is 19.5 Å². The van der Waals surface area contributed by atoms with Crippen molar-refractivity contribution in [3.8, 4) is 22.4 Å². The first-order chi connectivity index (χ1) is 16.0. The standard InChI is InChI=1S/C24H24N4O4S/c1-5-32-15-7-9-18-20(11-15)33-24(25-18)28-23-22(13(2)27-28)17(12-21(29)26-23)16-8-6-14(30-3)10-19(16)31-4/h6-11,17H,5,12H2,1-4H3,(H,26,29)/t17-/m0/s1. The molecule has 5 rings (SSSR count). The molecule has 1 atom stereocenters. The number of nitrogens with zero attached hydrogens (tertiary/aromatic N) is 3. The molecular formula is C24H24N4O4S. The van der Waals surface area contributed by atoms with Crippen LogP contribution in [0.4, 0.5) is 5.82 Å². The summed E-state index contributed by atoms with van der Waals surface area (Å²) >= 11 is 1.50. The topological polar surface area (TPSA) is 87.5 Å². The van der Waals surface area contributed by atoms with Crippen LogP contribution in [0.15, 0.2) is 36.4 Å². The first kappa shape index (κ1) is 21.3. The molecule has 0 spiro atoms. The predicted molar refractivity (Wildman–Crippen MR) is 127 cm³/mol. The quantitative estimate of drug-likeness (QED) is 0.446. The molecule has 9 heteroatoms. The number of amides is 1. The van der Waals surface area contributed by atoms with Crippen LogP contribution in [0.25, 0.3) is 15.3 Å². The van der Waals surface area contributed by atoms with E-state index in [1.165, 1.54) is 11.3 Å². The maximum absolute atomic E-state index is 12.8. The molecule has 4 aromatic rings. The molecule has 8 nitrogen and oxygen atoms in total. The van der Waals surface area contributed by atoms with E-state index in [0.29, 0.717) is 35.5 Å². The number of nitrogens with one attached hydrogen (secondary N) is 1. The van der Waals surface area contributed by atoms with Crippen molar-refractivity contribution in [2.24, 2.45) is 0 Å². The second-order valence-corrected chi connectivity index (χ2v) is 8.74. The number of benzene rings is 2. The molecule has 170 valence electrons. The Kier molecular flexibility index (Phi) is 5.41. The molecule has 1 aliphatic heterocycles. The summed E-state index contributed by atoms with van der Waals surface area (Å²) in [6, 6.07) is 11.5. The van der Waals surface area contributed by atoms with Crippen LogP contribution >= 0.6 is 11.3 Å². The van der Waals surface area contributed by atoms with Crippen molar-refractivity contribution >= 4 is 33.3 Å². The zero-order chi connectivity index (χ0) is 23.1. The van der Waals surface area contributed by atoms with Crippen molar-refractivity contribution in [3.63, 3.8) is 0 Å². The molecule has 0 radical (unpaired) electrons. The molecule has 2 aromatic heterocycles. The lowest BCUT2D eigenvalue weighted by Gasteiger charge is -2.25. The van der Waals surface area contributed by atoms with Crippen molar-refractivity contribution in [2.75, 3.05) is 26.1 Å². The van der Waals surface area contributed by atoms with E-state index in [2.05, 4.69) is 5.32 Å². The number of anilines is 1. The molecule has 1 amide bonds. The highest BCUT2D eigenvalue weighted by molar-refractivity contribution is 7.20. The van der Waals surface area contributed by atoms with Gasteiger partial charge in [-0.1, -0.05) is 17.4 Å². The summed E-state index contributed by atoms with van der Waals surface area (Å²) in [4.78, 5) is 17.5. The Morgan fingerprint density at radius 1 is 1.15 bits per heavy atom. The monoisotopic (exact) mass is 464 g/mol. The Balaban J connectivity index is 1.62. The second kappa shape index (κ2) is 8.40. The molecule has 0 bridgehead atoms. The highest BCUT2D eigenvalue weighted by Gasteiger charge is 2.34. The van der Waals surface area contributed by atoms with Gasteiger partial charge in [-0.3, -0.25) is 4.79 Å². The van der Waals surface area contributed by atoms with Gasteiger partial charge in [0.1, 0.15) is 23.1 Å². The molecule has 33 heavy (non-hydrogen) atoms. The number of carbonyl (C=O) groups excluding carboxylic acids is 1. The van der Waals surface area contributed by atoms with Gasteiger partial charge >= 0.3 is 0 Å². The maximum Gasteiger partial charge on any atom is 0.226 e. The molecule has 2 aromatic carbocycles. The number of fused-ring (bicyclic) bond motifs is 2. The van der Waals surface area contributed by atoms with Crippen LogP contribution in [0.5, 0.6) is 17.2 Å². The number of carbonyl (C=O) groups is 1. The second-order valence-electron chi connectivity index (χ2n) is 7.73. The van der Waals surface area contributed by atoms with E-state index in [1.807, 2.05) is 50.2 Å². The van der Waals surface area contributed by atoms with Gasteiger partial charge in [-0.05, 0) is 38.1 Å². The van der Waals surface area contributed by atoms with E-state index in [-0.39, 0.29) is 11.8 Å². The Morgan fingerprint density at radius 3 is 2.73 bits per heavy atom. The van der Waals surface area contributed by atoms with Crippen molar-refractivity contribution in [1.82, 2.24) is 14.8 Å². The number of hydrogen-bond donors (Lipinski definition) is 1. The van der Waals surface area contributed by atoms with E-state index in [1.54, 1.807) is 18.9 Å². The average Bonchev–Trinajstić information content (AvgIpc) is 3.38. The summed E-state index contributed by atoms with van der Waals surface area (Å²) < 4.78 is 19.3. The Bertz CT molecular complexity index is 1360. The van der Waals surface area contributed by atoms with E-state index >= 15 is 0 Å². The smallest absolute Gasteiger partial charge is 0.226 e. The summed E-state index contributed by atoms with van der Waals surface area (Å²) in [7, 11) is 3.24. The van der Waals surface area contributed by atoms with Gasteiger partial charge in [-0.2, -0.15) is 9.78 Å². The summed E-state index contributed by atoms with van der Waals surface area (Å²) in [5.74, 6) is 2.56. The molecule has 0 saturated carbocycles. The lowest BCUT2D eigenvalue weighted by molar-refractivity contribution is -0.116. The zero-order valence-corrected chi connectivity index (χ0v) is 19.7. The molecule has 0 unspecified atom stereocenters. The summed E-state index contributed by atoms with van der Waals surface area (Å²) in [6.45, 7) is 4.51. The van der Waals surface area contributed by atoms with Gasteiger partial charge in [0.25, 0.3) is 0 Å². The van der Waals surface area contributed by atoms with Crippen LogP contribution in [0.1, 0.15) is 36.1 Å². The third kappa shape index (κ3) is 3.68. The molecular weight excluding hydrogens is 440 g/mol. The predicted octanol–water partition coefficient (Wildman–Crippen LogP) is 4.68. The first-order valence-corrected chi connectivity index (χ1v) is 11.5. The number of aryl methyl sites for hydroxylation is 1. The van der Waals surface area contributed by atoms with Gasteiger partial charge in [-0.25, -0.2) is 4.98 Å². The fourth-order valence-corrected chi connectivity index (χ4v) is 5.25. The fraction of sp³-hybridized carbons (Fsp3) is 0.292. The minimum absolute atomic E-state index is 0.0775. The third-order valence-electron chi connectivity index (χ3n) is 5.76. The van der Waals surface area contributed by atoms with E-state index < -0.39 is 0 Å². The molecule has 0 aliphatic carbocycles. The molecule has 0 saturated heterocycles. The van der Waals surface area contributed by atoms with Crippen molar-refractivity contribution < 1.29 is 19.0 Å². The minimum atomic E-state index is -0.192. The fourth-order valence-electron chi connectivity index (χ4n) is 4.30. The highest BCUT2D eigenvalue weighted by atomic mass is 32.1. The Morgan fingerprint density at radius 2 is 1.97 bits per heavy atom. The molecule has 1 N–H and O–H groups in total. The van der Waals surface area contributed by atoms with E-state index in [4.69, 9.17) is 24.3 Å². The van der Waals surface area contributed by atoms with Crippen LogP contribution in [0.3, 0.4) is 0 Å². The van der Waals surface area contributed by atoms with E-state index in [0.717, 1.165) is 32.8 Å². The van der Waals surface area contributed by atoms with Gasteiger partial charge in [0.15, 0.2) is 0 Å². The number of methoxy groups -OCH3 is 2. The number of thiazole rings is 1. The summed E-state index contributed by atoms with van der Waals surface area (Å²) in [5.41, 5.74) is 3.58. The first-order valence-electron chi connectivity index (χ1n) is 10.7. The van der Waals surface area contributed by atoms with E-state index in [9.17, 15) is 4.79 Å². The van der Waals surface area contributed by atoms with Gasteiger partial charge in [-0.15, -0.1) is 0 Å². The van der Waals surface area contributed by atoms with Crippen LogP contribution in [0.2, 0.25) is 0 Å².